The van der Waals surface area contributed by atoms with E-state index in [9.17, 15) is 9.59 Å². The maximum atomic E-state index is 12.0. The van der Waals surface area contributed by atoms with Crippen LogP contribution in [0.5, 0.6) is 5.75 Å². The lowest BCUT2D eigenvalue weighted by molar-refractivity contribution is 0.102. The first kappa shape index (κ1) is 12.9. The van der Waals surface area contributed by atoms with Gasteiger partial charge in [-0.1, -0.05) is 0 Å². The summed E-state index contributed by atoms with van der Waals surface area (Å²) in [5.41, 5.74) is 0.965. The van der Waals surface area contributed by atoms with Gasteiger partial charge in [-0.3, -0.25) is 9.59 Å². The van der Waals surface area contributed by atoms with Crippen LogP contribution in [0.4, 0.5) is 5.69 Å². The molecule has 5 nitrogen and oxygen atoms in total. The summed E-state index contributed by atoms with van der Waals surface area (Å²) in [4.78, 5) is 26.2. The molecule has 0 aliphatic carbocycles. The number of carbonyl (C=O) groups is 1. The second kappa shape index (κ2) is 5.39. The zero-order valence-electron chi connectivity index (χ0n) is 10.7. The van der Waals surface area contributed by atoms with Gasteiger partial charge in [0, 0.05) is 11.9 Å². The molecule has 0 aliphatic rings. The van der Waals surface area contributed by atoms with Gasteiger partial charge in [-0.2, -0.15) is 0 Å². The van der Waals surface area contributed by atoms with E-state index in [1.807, 2.05) is 0 Å². The Hall–Kier alpha value is -2.56. The number of nitrogens with one attached hydrogen (secondary N) is 2. The van der Waals surface area contributed by atoms with E-state index in [0.717, 1.165) is 0 Å². The summed E-state index contributed by atoms with van der Waals surface area (Å²) < 4.78 is 5.03. The van der Waals surface area contributed by atoms with E-state index in [1.165, 1.54) is 6.20 Å². The largest absolute Gasteiger partial charge is 0.497 e. The number of aryl methyl sites for hydroxylation is 1. The average Bonchev–Trinajstić information content (AvgIpc) is 2.39. The fourth-order valence-electron chi connectivity index (χ4n) is 1.73. The molecule has 5 heteroatoms. The summed E-state index contributed by atoms with van der Waals surface area (Å²) in [7, 11) is 1.57. The van der Waals surface area contributed by atoms with Gasteiger partial charge in [0.1, 0.15) is 11.3 Å². The monoisotopic (exact) mass is 258 g/mol. The van der Waals surface area contributed by atoms with Gasteiger partial charge in [0.25, 0.3) is 11.5 Å². The molecular weight excluding hydrogens is 244 g/mol. The topological polar surface area (TPSA) is 71.2 Å². The summed E-state index contributed by atoms with van der Waals surface area (Å²) in [5, 5.41) is 2.68. The van der Waals surface area contributed by atoms with E-state index < -0.39 is 11.5 Å². The molecule has 0 fully saturated rings. The van der Waals surface area contributed by atoms with Crippen LogP contribution in [0.3, 0.4) is 0 Å². The van der Waals surface area contributed by atoms with Crippen LogP contribution in [0.15, 0.2) is 41.3 Å². The van der Waals surface area contributed by atoms with Crippen molar-refractivity contribution in [1.29, 1.82) is 0 Å². The highest BCUT2D eigenvalue weighted by Crippen LogP contribution is 2.15. The van der Waals surface area contributed by atoms with Crippen molar-refractivity contribution in [2.45, 2.75) is 6.92 Å². The number of aromatic amines is 1. The third-order valence-electron chi connectivity index (χ3n) is 2.74. The van der Waals surface area contributed by atoms with Gasteiger partial charge in [-0.25, -0.2) is 0 Å². The number of anilines is 1. The second-order valence-electron chi connectivity index (χ2n) is 4.05. The molecule has 0 aliphatic heterocycles. The zero-order valence-corrected chi connectivity index (χ0v) is 10.7. The number of hydrogen-bond donors (Lipinski definition) is 2. The van der Waals surface area contributed by atoms with Crippen LogP contribution in [0.1, 0.15) is 15.9 Å². The van der Waals surface area contributed by atoms with Crippen LogP contribution in [-0.4, -0.2) is 18.0 Å². The molecule has 0 saturated carbocycles. The Bertz CT molecular complexity index is 644. The number of amides is 1. The molecule has 1 heterocycles. The lowest BCUT2D eigenvalue weighted by Gasteiger charge is -2.07. The van der Waals surface area contributed by atoms with E-state index in [1.54, 1.807) is 44.4 Å². The van der Waals surface area contributed by atoms with E-state index in [2.05, 4.69) is 10.3 Å². The number of pyridine rings is 1. The minimum Gasteiger partial charge on any atom is -0.497 e. The molecule has 2 rings (SSSR count). The van der Waals surface area contributed by atoms with Crippen molar-refractivity contribution >= 4 is 11.6 Å². The van der Waals surface area contributed by atoms with E-state index in [0.29, 0.717) is 17.0 Å². The van der Waals surface area contributed by atoms with Crippen LogP contribution in [-0.2, 0) is 0 Å². The molecule has 1 aromatic carbocycles. The Kier molecular flexibility index (Phi) is 3.66. The fraction of sp³-hybridized carbons (Fsp3) is 0.143. The minimum atomic E-state index is -0.426. The first-order valence-corrected chi connectivity index (χ1v) is 5.75. The predicted molar refractivity (Wildman–Crippen MR) is 72.7 cm³/mol. The number of rotatable bonds is 3. The van der Waals surface area contributed by atoms with E-state index in [-0.39, 0.29) is 5.56 Å². The molecule has 2 N–H and O–H groups in total. The van der Waals surface area contributed by atoms with Crippen LogP contribution >= 0.6 is 0 Å². The normalized spacial score (nSPS) is 10.0. The number of carbonyl (C=O) groups excluding carboxylic acids is 1. The number of ether oxygens (including phenoxy) is 1. The number of aromatic nitrogens is 1. The van der Waals surface area contributed by atoms with Gasteiger partial charge in [0.2, 0.25) is 0 Å². The molecular formula is C14H14N2O3. The van der Waals surface area contributed by atoms with E-state index in [4.69, 9.17) is 4.74 Å². The average molecular weight is 258 g/mol. The number of H-pyrrole nitrogens is 1. The van der Waals surface area contributed by atoms with Crippen molar-refractivity contribution < 1.29 is 9.53 Å². The Labute approximate surface area is 110 Å². The zero-order chi connectivity index (χ0) is 13.8. The van der Waals surface area contributed by atoms with Crippen molar-refractivity contribution in [2.24, 2.45) is 0 Å². The summed E-state index contributed by atoms with van der Waals surface area (Å²) in [6.45, 7) is 1.72. The van der Waals surface area contributed by atoms with Gasteiger partial charge in [-0.05, 0) is 42.8 Å². The standard InChI is InChI=1S/C14H14N2O3/c1-9-7-8-15-13(17)12(9)14(18)16-10-3-5-11(19-2)6-4-10/h3-8H,1-2H3,(H,15,17)(H,16,18). The summed E-state index contributed by atoms with van der Waals surface area (Å²) >= 11 is 0. The van der Waals surface area contributed by atoms with Crippen molar-refractivity contribution in [2.75, 3.05) is 12.4 Å². The lowest BCUT2D eigenvalue weighted by Crippen LogP contribution is -2.24. The Balaban J connectivity index is 2.23. The minimum absolute atomic E-state index is 0.123. The molecule has 19 heavy (non-hydrogen) atoms. The summed E-state index contributed by atoms with van der Waals surface area (Å²) in [6.07, 6.45) is 1.52. The Morgan fingerprint density at radius 3 is 2.47 bits per heavy atom. The lowest BCUT2D eigenvalue weighted by atomic mass is 10.1. The van der Waals surface area contributed by atoms with Gasteiger partial charge in [0.05, 0.1) is 7.11 Å². The molecule has 1 aromatic heterocycles. The van der Waals surface area contributed by atoms with Crippen LogP contribution < -0.4 is 15.6 Å². The van der Waals surface area contributed by atoms with Crippen molar-refractivity contribution in [3.05, 3.63) is 58.0 Å². The molecule has 0 saturated heterocycles. The Morgan fingerprint density at radius 1 is 1.21 bits per heavy atom. The van der Waals surface area contributed by atoms with Crippen LogP contribution in [0.25, 0.3) is 0 Å². The van der Waals surface area contributed by atoms with Gasteiger partial charge in [0.15, 0.2) is 0 Å². The molecule has 0 spiro atoms. The molecule has 0 bridgehead atoms. The summed E-state index contributed by atoms with van der Waals surface area (Å²) in [6, 6.07) is 8.58. The van der Waals surface area contributed by atoms with Gasteiger partial charge < -0.3 is 15.0 Å². The third kappa shape index (κ3) is 2.82. The molecule has 0 unspecified atom stereocenters. The SMILES string of the molecule is COc1ccc(NC(=O)c2c(C)cc[nH]c2=O)cc1. The maximum Gasteiger partial charge on any atom is 0.261 e. The third-order valence-corrected chi connectivity index (χ3v) is 2.74. The van der Waals surface area contributed by atoms with Crippen molar-refractivity contribution in [3.63, 3.8) is 0 Å². The molecule has 1 amide bonds. The predicted octanol–water partition coefficient (Wildman–Crippen LogP) is 1.94. The first-order valence-electron chi connectivity index (χ1n) is 5.75. The quantitative estimate of drug-likeness (QED) is 0.883. The van der Waals surface area contributed by atoms with Crippen molar-refractivity contribution in [1.82, 2.24) is 4.98 Å². The van der Waals surface area contributed by atoms with Crippen molar-refractivity contribution in [3.8, 4) is 5.75 Å². The molecule has 98 valence electrons. The Morgan fingerprint density at radius 2 is 1.89 bits per heavy atom. The maximum absolute atomic E-state index is 12.0. The number of benzene rings is 1. The smallest absolute Gasteiger partial charge is 0.261 e. The van der Waals surface area contributed by atoms with Gasteiger partial charge in [-0.15, -0.1) is 0 Å². The molecule has 0 atom stereocenters. The van der Waals surface area contributed by atoms with Crippen LogP contribution in [0, 0.1) is 6.92 Å². The second-order valence-corrected chi connectivity index (χ2v) is 4.05. The highest BCUT2D eigenvalue weighted by atomic mass is 16.5. The first-order chi connectivity index (χ1) is 9.11. The summed E-state index contributed by atoms with van der Waals surface area (Å²) in [5.74, 6) is 0.274. The van der Waals surface area contributed by atoms with Gasteiger partial charge >= 0.3 is 0 Å². The molecule has 2 aromatic rings. The van der Waals surface area contributed by atoms with E-state index >= 15 is 0 Å². The fourth-order valence-corrected chi connectivity index (χ4v) is 1.73. The number of methoxy groups -OCH3 is 1. The highest BCUT2D eigenvalue weighted by Gasteiger charge is 2.13. The number of hydrogen-bond acceptors (Lipinski definition) is 3. The van der Waals surface area contributed by atoms with Crippen LogP contribution in [0.2, 0.25) is 0 Å². The molecule has 0 radical (unpaired) electrons. The highest BCUT2D eigenvalue weighted by molar-refractivity contribution is 6.04.